The Morgan fingerprint density at radius 1 is 0.882 bits per heavy atom. The Labute approximate surface area is 107 Å². The van der Waals surface area contributed by atoms with Crippen molar-refractivity contribution in [3.63, 3.8) is 0 Å². The number of benzene rings is 2. The first-order chi connectivity index (χ1) is 8.27. The van der Waals surface area contributed by atoms with Gasteiger partial charge < -0.3 is 0 Å². The van der Waals surface area contributed by atoms with Crippen LogP contribution in [0.3, 0.4) is 0 Å². The molecule has 4 unspecified atom stereocenters. The Kier molecular flexibility index (Phi) is 2.08. The number of hydrogen-bond acceptors (Lipinski definition) is 3. The van der Waals surface area contributed by atoms with E-state index >= 15 is 0 Å². The van der Waals surface area contributed by atoms with E-state index in [2.05, 4.69) is 12.1 Å². The SMILES string of the molecule is O=S1SS(=O)C2c3cccc4cccc(c34)C21. The summed E-state index contributed by atoms with van der Waals surface area (Å²) in [6.07, 6.45) is 0. The molecule has 0 N–H and O–H groups in total. The number of hydrogen-bond donors (Lipinski definition) is 0. The summed E-state index contributed by atoms with van der Waals surface area (Å²) in [5.74, 6) is 0. The van der Waals surface area contributed by atoms with E-state index in [9.17, 15) is 8.42 Å². The molecule has 1 aliphatic heterocycles. The van der Waals surface area contributed by atoms with Crippen molar-refractivity contribution >= 4 is 40.3 Å². The van der Waals surface area contributed by atoms with Crippen LogP contribution in [0.4, 0.5) is 0 Å². The van der Waals surface area contributed by atoms with Crippen molar-refractivity contribution in [2.24, 2.45) is 0 Å². The second kappa shape index (κ2) is 3.43. The molecule has 1 saturated heterocycles. The van der Waals surface area contributed by atoms with Crippen LogP contribution in [0.2, 0.25) is 0 Å². The lowest BCUT2D eigenvalue weighted by atomic mass is 10.1. The highest BCUT2D eigenvalue weighted by atomic mass is 33.5. The van der Waals surface area contributed by atoms with Gasteiger partial charge in [-0.2, -0.15) is 0 Å². The van der Waals surface area contributed by atoms with E-state index in [4.69, 9.17) is 0 Å². The Morgan fingerprint density at radius 2 is 1.41 bits per heavy atom. The third-order valence-electron chi connectivity index (χ3n) is 3.41. The first-order valence-electron chi connectivity index (χ1n) is 5.29. The average molecular weight is 280 g/mol. The van der Waals surface area contributed by atoms with E-state index in [1.54, 1.807) is 0 Å². The van der Waals surface area contributed by atoms with Crippen LogP contribution in [0.1, 0.15) is 21.6 Å². The van der Waals surface area contributed by atoms with Gasteiger partial charge in [0.2, 0.25) is 0 Å². The van der Waals surface area contributed by atoms with Gasteiger partial charge in [0.25, 0.3) is 0 Å². The molecule has 0 bridgehead atoms. The Balaban J connectivity index is 2.15. The van der Waals surface area contributed by atoms with Gasteiger partial charge in [-0.3, -0.25) is 0 Å². The molecule has 1 aliphatic carbocycles. The van der Waals surface area contributed by atoms with Gasteiger partial charge >= 0.3 is 0 Å². The summed E-state index contributed by atoms with van der Waals surface area (Å²) in [6, 6.07) is 12.2. The molecule has 4 atom stereocenters. The van der Waals surface area contributed by atoms with Crippen molar-refractivity contribution in [3.05, 3.63) is 47.5 Å². The van der Waals surface area contributed by atoms with Crippen LogP contribution < -0.4 is 0 Å². The molecule has 2 nitrogen and oxygen atoms in total. The molecule has 0 aromatic heterocycles. The molecule has 0 amide bonds. The molecule has 4 rings (SSSR count). The van der Waals surface area contributed by atoms with Gasteiger partial charge in [0.05, 0.1) is 10.5 Å². The molecule has 5 heteroatoms. The summed E-state index contributed by atoms with van der Waals surface area (Å²) < 4.78 is 24.1. The monoisotopic (exact) mass is 280 g/mol. The molecule has 0 radical (unpaired) electrons. The van der Waals surface area contributed by atoms with Crippen molar-refractivity contribution in [2.75, 3.05) is 0 Å². The second-order valence-corrected chi connectivity index (χ2v) is 10.0. The molecule has 2 aromatic carbocycles. The van der Waals surface area contributed by atoms with Crippen molar-refractivity contribution in [2.45, 2.75) is 10.5 Å². The molecule has 2 aliphatic rings. The second-order valence-electron chi connectivity index (χ2n) is 4.22. The van der Waals surface area contributed by atoms with Gasteiger partial charge in [0.15, 0.2) is 0 Å². The first kappa shape index (κ1) is 10.3. The molecular formula is C12H8O2S3. The van der Waals surface area contributed by atoms with Crippen LogP contribution in [-0.4, -0.2) is 8.42 Å². The fraction of sp³-hybridized carbons (Fsp3) is 0.167. The fourth-order valence-corrected chi connectivity index (χ4v) is 10.5. The quantitative estimate of drug-likeness (QED) is 0.696. The summed E-state index contributed by atoms with van der Waals surface area (Å²) in [6.45, 7) is 0. The molecule has 2 aromatic rings. The zero-order valence-corrected chi connectivity index (χ0v) is 11.1. The van der Waals surface area contributed by atoms with Crippen molar-refractivity contribution < 1.29 is 8.42 Å². The van der Waals surface area contributed by atoms with Crippen molar-refractivity contribution in [3.8, 4) is 0 Å². The Hall–Kier alpha value is -0.650. The van der Waals surface area contributed by atoms with Gasteiger partial charge in [0, 0.05) is 9.83 Å². The normalized spacial score (nSPS) is 34.1. The smallest absolute Gasteiger partial charge is 0.103 e. The van der Waals surface area contributed by atoms with E-state index in [1.165, 1.54) is 5.39 Å². The molecule has 0 spiro atoms. The fourth-order valence-electron chi connectivity index (χ4n) is 2.76. The minimum absolute atomic E-state index is 0.0815. The lowest BCUT2D eigenvalue weighted by molar-refractivity contribution is 0.672. The lowest BCUT2D eigenvalue weighted by Gasteiger charge is -2.06. The maximum Gasteiger partial charge on any atom is 0.103 e. The van der Waals surface area contributed by atoms with Crippen LogP contribution in [0.5, 0.6) is 0 Å². The zero-order valence-electron chi connectivity index (χ0n) is 8.66. The van der Waals surface area contributed by atoms with E-state index in [0.717, 1.165) is 26.3 Å². The molecule has 0 saturated carbocycles. The Bertz CT molecular complexity index is 640. The van der Waals surface area contributed by atoms with Crippen LogP contribution in [-0.2, 0) is 19.7 Å². The highest BCUT2D eigenvalue weighted by Crippen LogP contribution is 2.59. The minimum Gasteiger partial charge on any atom is -0.246 e. The van der Waals surface area contributed by atoms with Crippen LogP contribution in [0.25, 0.3) is 10.8 Å². The standard InChI is InChI=1S/C12H8O2S3/c13-16-11-8-5-1-3-7-4-2-6-9(10(7)8)12(11)17(14)15-16/h1-6,11-12H. The maximum atomic E-state index is 12.1. The van der Waals surface area contributed by atoms with E-state index in [0.29, 0.717) is 0 Å². The van der Waals surface area contributed by atoms with Crippen molar-refractivity contribution in [1.29, 1.82) is 0 Å². The van der Waals surface area contributed by atoms with Gasteiger partial charge in [-0.1, -0.05) is 36.4 Å². The summed E-state index contributed by atoms with van der Waals surface area (Å²) in [5, 5.41) is 2.17. The van der Waals surface area contributed by atoms with Gasteiger partial charge in [-0.25, -0.2) is 8.42 Å². The van der Waals surface area contributed by atoms with Crippen LogP contribution in [0.15, 0.2) is 36.4 Å². The summed E-state index contributed by atoms with van der Waals surface area (Å²) in [7, 11) is -1.04. The Morgan fingerprint density at radius 3 is 1.94 bits per heavy atom. The molecule has 1 fully saturated rings. The lowest BCUT2D eigenvalue weighted by Crippen LogP contribution is -2.02. The number of rotatable bonds is 0. The largest absolute Gasteiger partial charge is 0.246 e. The summed E-state index contributed by atoms with van der Waals surface area (Å²) in [4.78, 5) is 0. The van der Waals surface area contributed by atoms with Gasteiger partial charge in [-0.05, 0) is 21.9 Å². The maximum absolute atomic E-state index is 12.1. The summed E-state index contributed by atoms with van der Waals surface area (Å²) >= 11 is 0. The van der Waals surface area contributed by atoms with Crippen LogP contribution >= 0.6 is 9.83 Å². The van der Waals surface area contributed by atoms with E-state index < -0.39 is 19.7 Å². The zero-order chi connectivity index (χ0) is 11.6. The average Bonchev–Trinajstić information content (AvgIpc) is 2.81. The molecule has 86 valence electrons. The van der Waals surface area contributed by atoms with Crippen LogP contribution in [0, 0.1) is 0 Å². The topological polar surface area (TPSA) is 34.1 Å². The highest BCUT2D eigenvalue weighted by molar-refractivity contribution is 9.02. The predicted octanol–water partition coefficient (Wildman–Crippen LogP) is 3.01. The van der Waals surface area contributed by atoms with Crippen molar-refractivity contribution in [1.82, 2.24) is 0 Å². The molecule has 1 heterocycles. The third-order valence-corrected chi connectivity index (χ3v) is 10.2. The molecule has 17 heavy (non-hydrogen) atoms. The minimum atomic E-state index is -1.07. The van der Waals surface area contributed by atoms with Gasteiger partial charge in [-0.15, -0.1) is 0 Å². The van der Waals surface area contributed by atoms with Gasteiger partial charge in [0.1, 0.15) is 19.7 Å². The first-order valence-corrected chi connectivity index (χ1v) is 9.56. The molecular weight excluding hydrogens is 272 g/mol. The van der Waals surface area contributed by atoms with E-state index in [1.807, 2.05) is 24.3 Å². The highest BCUT2D eigenvalue weighted by Gasteiger charge is 2.48. The number of fused-ring (bicyclic) bond motifs is 3. The third kappa shape index (κ3) is 1.22. The van der Waals surface area contributed by atoms with E-state index in [-0.39, 0.29) is 10.5 Å². The summed E-state index contributed by atoms with van der Waals surface area (Å²) in [5.41, 5.74) is 2.22. The predicted molar refractivity (Wildman–Crippen MR) is 73.3 cm³/mol.